The van der Waals surface area contributed by atoms with Crippen molar-refractivity contribution in [3.63, 3.8) is 0 Å². The first-order valence-electron chi connectivity index (χ1n) is 8.14. The van der Waals surface area contributed by atoms with Crippen molar-refractivity contribution in [3.05, 3.63) is 65.7 Å². The van der Waals surface area contributed by atoms with Gasteiger partial charge in [0.1, 0.15) is 0 Å². The Labute approximate surface area is 150 Å². The molecule has 0 amide bonds. The van der Waals surface area contributed by atoms with E-state index in [-0.39, 0.29) is 11.4 Å². The zero-order valence-electron chi connectivity index (χ0n) is 14.2. The molecule has 0 aliphatic heterocycles. The SMILES string of the molecule is Cc1ccc(S(=O)(=O)NCC#CCCCC#Cc2ccccc2)cc1. The Morgan fingerprint density at radius 1 is 0.880 bits per heavy atom. The molecule has 2 aromatic carbocycles. The lowest BCUT2D eigenvalue weighted by atomic mass is 10.2. The molecular weight excluding hydrogens is 330 g/mol. The first-order chi connectivity index (χ1) is 12.1. The molecule has 4 heteroatoms. The number of hydrogen-bond acceptors (Lipinski definition) is 2. The van der Waals surface area contributed by atoms with Crippen molar-refractivity contribution in [1.82, 2.24) is 4.72 Å². The molecule has 0 saturated carbocycles. The van der Waals surface area contributed by atoms with Gasteiger partial charge in [-0.1, -0.05) is 53.7 Å². The minimum atomic E-state index is -3.48. The summed E-state index contributed by atoms with van der Waals surface area (Å²) in [6.07, 6.45) is 2.35. The minimum absolute atomic E-state index is 0.117. The first-order valence-corrected chi connectivity index (χ1v) is 9.62. The van der Waals surface area contributed by atoms with Crippen molar-refractivity contribution in [2.75, 3.05) is 6.54 Å². The lowest BCUT2D eigenvalue weighted by molar-refractivity contribution is 0.586. The number of nitrogens with one attached hydrogen (secondary N) is 1. The van der Waals surface area contributed by atoms with Crippen molar-refractivity contribution in [2.24, 2.45) is 0 Å². The topological polar surface area (TPSA) is 46.2 Å². The van der Waals surface area contributed by atoms with E-state index in [1.165, 1.54) is 0 Å². The smallest absolute Gasteiger partial charge is 0.207 e. The molecule has 2 rings (SSSR count). The van der Waals surface area contributed by atoms with Gasteiger partial charge in [-0.15, -0.1) is 5.92 Å². The van der Waals surface area contributed by atoms with Gasteiger partial charge in [-0.3, -0.25) is 0 Å². The van der Waals surface area contributed by atoms with Gasteiger partial charge in [0.25, 0.3) is 0 Å². The van der Waals surface area contributed by atoms with Crippen LogP contribution in [0.2, 0.25) is 0 Å². The number of unbranched alkanes of at least 4 members (excludes halogenated alkanes) is 2. The molecule has 3 nitrogen and oxygen atoms in total. The van der Waals surface area contributed by atoms with E-state index in [1.807, 2.05) is 37.3 Å². The summed E-state index contributed by atoms with van der Waals surface area (Å²) in [5.41, 5.74) is 2.04. The normalized spacial score (nSPS) is 10.3. The lowest BCUT2D eigenvalue weighted by Gasteiger charge is -2.03. The predicted octanol–water partition coefficient (Wildman–Crippen LogP) is 3.50. The van der Waals surface area contributed by atoms with Crippen LogP contribution in [0.15, 0.2) is 59.5 Å². The molecule has 0 aliphatic rings. The van der Waals surface area contributed by atoms with Crippen LogP contribution in [0.4, 0.5) is 0 Å². The summed E-state index contributed by atoms with van der Waals surface area (Å²) in [5.74, 6) is 12.0. The quantitative estimate of drug-likeness (QED) is 0.662. The Morgan fingerprint density at radius 2 is 1.56 bits per heavy atom. The molecular formula is C21H21NO2S. The van der Waals surface area contributed by atoms with E-state index in [1.54, 1.807) is 24.3 Å². The molecule has 0 fully saturated rings. The Bertz CT molecular complexity index is 894. The zero-order chi connectivity index (χ0) is 18.0. The van der Waals surface area contributed by atoms with Gasteiger partial charge in [-0.05, 0) is 37.6 Å². The van der Waals surface area contributed by atoms with Gasteiger partial charge in [0.15, 0.2) is 0 Å². The van der Waals surface area contributed by atoms with Gasteiger partial charge in [0.05, 0.1) is 11.4 Å². The van der Waals surface area contributed by atoms with Crippen molar-refractivity contribution >= 4 is 10.0 Å². The molecule has 0 heterocycles. The fraction of sp³-hybridized carbons (Fsp3) is 0.238. The monoisotopic (exact) mass is 351 g/mol. The van der Waals surface area contributed by atoms with Crippen LogP contribution >= 0.6 is 0 Å². The number of aryl methyl sites for hydroxylation is 1. The summed E-state index contributed by atoms with van der Waals surface area (Å²) >= 11 is 0. The maximum atomic E-state index is 12.1. The molecule has 128 valence electrons. The van der Waals surface area contributed by atoms with E-state index in [0.29, 0.717) is 6.42 Å². The van der Waals surface area contributed by atoms with Crippen LogP contribution < -0.4 is 4.72 Å². The fourth-order valence-electron chi connectivity index (χ4n) is 2.03. The molecule has 1 N–H and O–H groups in total. The number of hydrogen-bond donors (Lipinski definition) is 1. The molecule has 0 saturated heterocycles. The highest BCUT2D eigenvalue weighted by Crippen LogP contribution is 2.09. The van der Waals surface area contributed by atoms with Crippen LogP contribution in [0.5, 0.6) is 0 Å². The Kier molecular flexibility index (Phi) is 7.29. The van der Waals surface area contributed by atoms with Gasteiger partial charge in [0, 0.05) is 18.4 Å². The molecule has 0 atom stereocenters. The third-order valence-corrected chi connectivity index (χ3v) is 4.83. The lowest BCUT2D eigenvalue weighted by Crippen LogP contribution is -2.23. The Morgan fingerprint density at radius 3 is 2.28 bits per heavy atom. The number of benzene rings is 2. The van der Waals surface area contributed by atoms with Crippen molar-refractivity contribution in [1.29, 1.82) is 0 Å². The summed E-state index contributed by atoms with van der Waals surface area (Å²) in [6.45, 7) is 2.03. The predicted molar refractivity (Wildman–Crippen MR) is 101 cm³/mol. The standard InChI is InChI=1S/C21H21NO2S/c1-19-14-16-21(17-15-19)25(23,24)22-18-10-5-3-2-4-7-11-20-12-8-6-9-13-20/h6,8-9,12-17,22H,2-4,18H2,1H3. The van der Waals surface area contributed by atoms with Crippen LogP contribution in [-0.2, 0) is 10.0 Å². The number of sulfonamides is 1. The molecule has 0 aromatic heterocycles. The average Bonchev–Trinajstić information content (AvgIpc) is 2.61. The summed E-state index contributed by atoms with van der Waals surface area (Å²) in [7, 11) is -3.48. The summed E-state index contributed by atoms with van der Waals surface area (Å²) in [6, 6.07) is 16.6. The molecule has 0 aliphatic carbocycles. The largest absolute Gasteiger partial charge is 0.241 e. The fourth-order valence-corrected chi connectivity index (χ4v) is 2.96. The second-order valence-electron chi connectivity index (χ2n) is 5.51. The van der Waals surface area contributed by atoms with Gasteiger partial charge < -0.3 is 0 Å². The Balaban J connectivity index is 1.69. The maximum absolute atomic E-state index is 12.1. The van der Waals surface area contributed by atoms with Crippen LogP contribution in [0.1, 0.15) is 30.4 Å². The molecule has 2 aromatic rings. The summed E-state index contributed by atoms with van der Waals surface area (Å²) in [4.78, 5) is 0.260. The molecule has 0 radical (unpaired) electrons. The van der Waals surface area contributed by atoms with Gasteiger partial charge in [-0.2, -0.15) is 4.72 Å². The van der Waals surface area contributed by atoms with E-state index in [4.69, 9.17) is 0 Å². The van der Waals surface area contributed by atoms with E-state index < -0.39 is 10.0 Å². The summed E-state index contributed by atoms with van der Waals surface area (Å²) < 4.78 is 26.6. The molecule has 0 spiro atoms. The first kappa shape index (κ1) is 18.8. The Hall–Kier alpha value is -2.53. The van der Waals surface area contributed by atoms with E-state index in [0.717, 1.165) is 24.0 Å². The van der Waals surface area contributed by atoms with Crippen molar-refractivity contribution in [2.45, 2.75) is 31.1 Å². The van der Waals surface area contributed by atoms with Gasteiger partial charge in [0.2, 0.25) is 10.0 Å². The highest BCUT2D eigenvalue weighted by atomic mass is 32.2. The number of rotatable bonds is 5. The third kappa shape index (κ3) is 6.85. The van der Waals surface area contributed by atoms with E-state index in [9.17, 15) is 8.42 Å². The molecule has 25 heavy (non-hydrogen) atoms. The van der Waals surface area contributed by atoms with Gasteiger partial charge in [-0.25, -0.2) is 8.42 Å². The van der Waals surface area contributed by atoms with Gasteiger partial charge >= 0.3 is 0 Å². The van der Waals surface area contributed by atoms with Crippen molar-refractivity contribution < 1.29 is 8.42 Å². The zero-order valence-corrected chi connectivity index (χ0v) is 15.1. The minimum Gasteiger partial charge on any atom is -0.207 e. The van der Waals surface area contributed by atoms with E-state index in [2.05, 4.69) is 28.4 Å². The van der Waals surface area contributed by atoms with Crippen LogP contribution in [0.25, 0.3) is 0 Å². The second-order valence-corrected chi connectivity index (χ2v) is 7.28. The average molecular weight is 351 g/mol. The van der Waals surface area contributed by atoms with E-state index >= 15 is 0 Å². The summed E-state index contributed by atoms with van der Waals surface area (Å²) in [5, 5.41) is 0. The van der Waals surface area contributed by atoms with Crippen LogP contribution in [-0.4, -0.2) is 15.0 Å². The third-order valence-electron chi connectivity index (χ3n) is 3.42. The maximum Gasteiger partial charge on any atom is 0.241 e. The highest BCUT2D eigenvalue weighted by Gasteiger charge is 2.11. The molecule has 0 unspecified atom stereocenters. The van der Waals surface area contributed by atoms with Crippen LogP contribution in [0.3, 0.4) is 0 Å². The van der Waals surface area contributed by atoms with Crippen LogP contribution in [0, 0.1) is 30.6 Å². The molecule has 0 bridgehead atoms. The van der Waals surface area contributed by atoms with Crippen molar-refractivity contribution in [3.8, 4) is 23.7 Å². The highest BCUT2D eigenvalue weighted by molar-refractivity contribution is 7.89. The second kappa shape index (κ2) is 9.69.